The fourth-order valence-corrected chi connectivity index (χ4v) is 3.62. The van der Waals surface area contributed by atoms with E-state index in [1.54, 1.807) is 11.8 Å². The summed E-state index contributed by atoms with van der Waals surface area (Å²) in [5.74, 6) is 0.796. The normalized spacial score (nSPS) is 10.6. The number of tetrazole rings is 1. The van der Waals surface area contributed by atoms with Gasteiger partial charge in [-0.1, -0.05) is 60.3 Å². The predicted octanol–water partition coefficient (Wildman–Crippen LogP) is 4.07. The number of ether oxygens (including phenoxy) is 1. The second-order valence-corrected chi connectivity index (χ2v) is 7.26. The van der Waals surface area contributed by atoms with E-state index in [1.165, 1.54) is 11.8 Å². The van der Waals surface area contributed by atoms with Gasteiger partial charge in [-0.25, -0.2) is 0 Å². The van der Waals surface area contributed by atoms with Crippen LogP contribution in [0.5, 0.6) is 5.75 Å². The molecule has 0 radical (unpaired) electrons. The molecule has 1 aromatic heterocycles. The molecule has 0 fully saturated rings. The van der Waals surface area contributed by atoms with Crippen LogP contribution < -0.4 is 10.1 Å². The smallest absolute Gasteiger partial charge is 0.234 e. The number of hydrogen-bond donors (Lipinski definition) is 1. The average Bonchev–Trinajstić information content (AvgIpc) is 3.27. The zero-order valence-corrected chi connectivity index (χ0v) is 17.0. The molecule has 0 saturated heterocycles. The number of rotatable bonds is 7. The van der Waals surface area contributed by atoms with Crippen molar-refractivity contribution in [2.75, 3.05) is 18.2 Å². The predicted molar refractivity (Wildman–Crippen MR) is 117 cm³/mol. The fraction of sp³-hybridized carbons (Fsp3) is 0.0909. The highest BCUT2D eigenvalue weighted by atomic mass is 32.2. The summed E-state index contributed by atoms with van der Waals surface area (Å²) in [4.78, 5) is 12.6. The Bertz CT molecular complexity index is 1130. The van der Waals surface area contributed by atoms with Crippen LogP contribution in [0.15, 0.2) is 84.0 Å². The molecule has 0 aliphatic heterocycles. The van der Waals surface area contributed by atoms with Crippen molar-refractivity contribution in [1.82, 2.24) is 20.2 Å². The highest BCUT2D eigenvalue weighted by Crippen LogP contribution is 2.28. The number of para-hydroxylation sites is 1. The molecule has 0 aliphatic carbocycles. The summed E-state index contributed by atoms with van der Waals surface area (Å²) >= 11 is 1.27. The first kappa shape index (κ1) is 19.7. The molecule has 1 heterocycles. The number of aromatic nitrogens is 4. The molecular weight excluding hydrogens is 398 g/mol. The van der Waals surface area contributed by atoms with Gasteiger partial charge in [0, 0.05) is 11.3 Å². The molecule has 1 N–H and O–H groups in total. The van der Waals surface area contributed by atoms with E-state index in [1.807, 2.05) is 78.9 Å². The number of thioether (sulfide) groups is 1. The Hall–Kier alpha value is -3.65. The van der Waals surface area contributed by atoms with Gasteiger partial charge in [0.2, 0.25) is 11.1 Å². The summed E-state index contributed by atoms with van der Waals surface area (Å²) in [6.45, 7) is 0. The van der Waals surface area contributed by atoms with E-state index in [0.717, 1.165) is 28.3 Å². The van der Waals surface area contributed by atoms with E-state index in [2.05, 4.69) is 20.8 Å². The largest absolute Gasteiger partial charge is 0.497 e. The molecule has 150 valence electrons. The van der Waals surface area contributed by atoms with Crippen molar-refractivity contribution in [2.45, 2.75) is 5.16 Å². The van der Waals surface area contributed by atoms with Gasteiger partial charge in [0.25, 0.3) is 0 Å². The minimum Gasteiger partial charge on any atom is -0.497 e. The lowest BCUT2D eigenvalue weighted by Gasteiger charge is -2.11. The van der Waals surface area contributed by atoms with E-state index in [9.17, 15) is 4.79 Å². The van der Waals surface area contributed by atoms with Gasteiger partial charge in [0.05, 0.1) is 18.6 Å². The van der Waals surface area contributed by atoms with Gasteiger partial charge in [-0.05, 0) is 46.3 Å². The fourth-order valence-electron chi connectivity index (χ4n) is 2.93. The summed E-state index contributed by atoms with van der Waals surface area (Å²) in [6, 6.07) is 25.1. The molecule has 4 aromatic rings. The van der Waals surface area contributed by atoms with Crippen molar-refractivity contribution in [2.24, 2.45) is 0 Å². The number of nitrogens with zero attached hydrogens (tertiary/aromatic N) is 4. The van der Waals surface area contributed by atoms with Crippen molar-refractivity contribution < 1.29 is 9.53 Å². The molecule has 4 rings (SSSR count). The van der Waals surface area contributed by atoms with E-state index in [4.69, 9.17) is 4.74 Å². The summed E-state index contributed by atoms with van der Waals surface area (Å²) in [7, 11) is 1.61. The number of carbonyl (C=O) groups is 1. The molecule has 0 aliphatic rings. The van der Waals surface area contributed by atoms with Gasteiger partial charge in [0.1, 0.15) is 5.75 Å². The molecule has 0 unspecified atom stereocenters. The zero-order chi connectivity index (χ0) is 20.8. The quantitative estimate of drug-likeness (QED) is 0.457. The standard InChI is InChI=1S/C22H19N5O2S/c1-29-18-13-11-17(12-14-18)27-22(24-25-26-27)30-15-21(28)23-20-10-6-5-9-19(20)16-7-3-2-4-8-16/h2-14H,15H2,1H3,(H,23,28). The summed E-state index contributed by atoms with van der Waals surface area (Å²) in [5.41, 5.74) is 3.58. The van der Waals surface area contributed by atoms with Crippen LogP contribution in [0.1, 0.15) is 0 Å². The monoisotopic (exact) mass is 417 g/mol. The number of amides is 1. The van der Waals surface area contributed by atoms with Gasteiger partial charge in [-0.3, -0.25) is 4.79 Å². The van der Waals surface area contributed by atoms with E-state index < -0.39 is 0 Å². The van der Waals surface area contributed by atoms with Crippen molar-refractivity contribution in [3.63, 3.8) is 0 Å². The number of carbonyl (C=O) groups excluding carboxylic acids is 1. The first-order chi connectivity index (χ1) is 14.7. The Morgan fingerprint density at radius 3 is 2.50 bits per heavy atom. The van der Waals surface area contributed by atoms with E-state index >= 15 is 0 Å². The van der Waals surface area contributed by atoms with Crippen molar-refractivity contribution in [1.29, 1.82) is 0 Å². The van der Waals surface area contributed by atoms with E-state index in [-0.39, 0.29) is 11.7 Å². The lowest BCUT2D eigenvalue weighted by Crippen LogP contribution is -2.15. The van der Waals surface area contributed by atoms with Crippen molar-refractivity contribution >= 4 is 23.4 Å². The Kier molecular flexibility index (Phi) is 6.05. The number of nitrogens with one attached hydrogen (secondary N) is 1. The third-order valence-corrected chi connectivity index (χ3v) is 5.30. The molecule has 0 atom stereocenters. The third-order valence-electron chi connectivity index (χ3n) is 4.38. The van der Waals surface area contributed by atoms with Gasteiger partial charge < -0.3 is 10.1 Å². The topological polar surface area (TPSA) is 81.9 Å². The lowest BCUT2D eigenvalue weighted by molar-refractivity contribution is -0.113. The minimum atomic E-state index is -0.132. The average molecular weight is 417 g/mol. The number of anilines is 1. The molecule has 8 heteroatoms. The first-order valence-electron chi connectivity index (χ1n) is 9.24. The Morgan fingerprint density at radius 1 is 1.00 bits per heavy atom. The SMILES string of the molecule is COc1ccc(-n2nnnc2SCC(=O)Nc2ccccc2-c2ccccc2)cc1. The minimum absolute atomic E-state index is 0.132. The lowest BCUT2D eigenvalue weighted by atomic mass is 10.0. The Balaban J connectivity index is 1.44. The molecule has 30 heavy (non-hydrogen) atoms. The van der Waals surface area contributed by atoms with Crippen molar-refractivity contribution in [3.05, 3.63) is 78.9 Å². The summed E-state index contributed by atoms with van der Waals surface area (Å²) in [6.07, 6.45) is 0. The van der Waals surface area contributed by atoms with Crippen LogP contribution in [0.3, 0.4) is 0 Å². The highest BCUT2D eigenvalue weighted by Gasteiger charge is 2.13. The molecule has 0 bridgehead atoms. The van der Waals surface area contributed by atoms with Crippen LogP contribution in [0.4, 0.5) is 5.69 Å². The Labute approximate surface area is 178 Å². The third kappa shape index (κ3) is 4.49. The summed E-state index contributed by atoms with van der Waals surface area (Å²) < 4.78 is 6.77. The van der Waals surface area contributed by atoms with Crippen LogP contribution >= 0.6 is 11.8 Å². The van der Waals surface area contributed by atoms with Crippen LogP contribution in [-0.4, -0.2) is 39.0 Å². The van der Waals surface area contributed by atoms with Gasteiger partial charge in [-0.2, -0.15) is 4.68 Å². The number of benzene rings is 3. The maximum absolute atomic E-state index is 12.6. The number of methoxy groups -OCH3 is 1. The first-order valence-corrected chi connectivity index (χ1v) is 10.2. The molecule has 7 nitrogen and oxygen atoms in total. The maximum atomic E-state index is 12.6. The van der Waals surface area contributed by atoms with Crippen LogP contribution in [0.2, 0.25) is 0 Å². The summed E-state index contributed by atoms with van der Waals surface area (Å²) in [5, 5.41) is 15.3. The molecular formula is C22H19N5O2S. The Morgan fingerprint density at radius 2 is 1.73 bits per heavy atom. The van der Waals surface area contributed by atoms with Crippen molar-refractivity contribution in [3.8, 4) is 22.6 Å². The number of hydrogen-bond acceptors (Lipinski definition) is 6. The zero-order valence-electron chi connectivity index (χ0n) is 16.2. The van der Waals surface area contributed by atoms with Crippen LogP contribution in [0, 0.1) is 0 Å². The highest BCUT2D eigenvalue weighted by molar-refractivity contribution is 7.99. The van der Waals surface area contributed by atoms with Gasteiger partial charge in [0.15, 0.2) is 0 Å². The maximum Gasteiger partial charge on any atom is 0.234 e. The molecule has 0 spiro atoms. The second kappa shape index (κ2) is 9.23. The second-order valence-electron chi connectivity index (χ2n) is 6.32. The molecule has 3 aromatic carbocycles. The molecule has 1 amide bonds. The van der Waals surface area contributed by atoms with Crippen LogP contribution in [-0.2, 0) is 4.79 Å². The molecule has 0 saturated carbocycles. The van der Waals surface area contributed by atoms with Gasteiger partial charge in [-0.15, -0.1) is 5.10 Å². The van der Waals surface area contributed by atoms with Crippen LogP contribution in [0.25, 0.3) is 16.8 Å². The van der Waals surface area contributed by atoms with Gasteiger partial charge >= 0.3 is 0 Å². The van der Waals surface area contributed by atoms with E-state index in [0.29, 0.717) is 5.16 Å².